The number of nitrogens with zero attached hydrogens (tertiary/aromatic N) is 2. The number of carbonyl (C=O) groups is 1. The predicted octanol–water partition coefficient (Wildman–Crippen LogP) is 2.04. The zero-order valence-corrected chi connectivity index (χ0v) is 14.5. The molecule has 1 fully saturated rings. The lowest BCUT2D eigenvalue weighted by Gasteiger charge is -2.32. The number of hydrogen-bond donors (Lipinski definition) is 1. The summed E-state index contributed by atoms with van der Waals surface area (Å²) in [4.78, 5) is 16.9. The molecule has 2 aromatic rings. The Kier molecular flexibility index (Phi) is 5.78. The van der Waals surface area contributed by atoms with E-state index in [9.17, 15) is 4.79 Å². The van der Waals surface area contributed by atoms with Gasteiger partial charge in [-0.05, 0) is 31.9 Å². The summed E-state index contributed by atoms with van der Waals surface area (Å²) in [5.41, 5.74) is 2.05. The first-order valence-corrected chi connectivity index (χ1v) is 8.54. The second-order valence-corrected chi connectivity index (χ2v) is 6.03. The Labute approximate surface area is 146 Å². The average molecular weight is 345 g/mol. The highest BCUT2D eigenvalue weighted by atomic mass is 16.5. The zero-order valence-electron chi connectivity index (χ0n) is 14.5. The minimum atomic E-state index is -0.218. The molecule has 7 heteroatoms. The summed E-state index contributed by atoms with van der Waals surface area (Å²) in [7, 11) is 0. The number of rotatable bonds is 6. The summed E-state index contributed by atoms with van der Waals surface area (Å²) in [5, 5.41) is 7.00. The standard InChI is InChI=1S/C18H23N3O4/c1-3-14-17(12(2)25-21-14)18(22)20-15-7-9-23-11-16(15)24-10-13-6-4-5-8-19-13/h4-6,8,15-16H,3,7,9-11H2,1-2H3,(H,20,22)/t15-,16-/m1/s1. The highest BCUT2D eigenvalue weighted by Gasteiger charge is 2.30. The Morgan fingerprint density at radius 1 is 1.44 bits per heavy atom. The molecule has 3 heterocycles. The van der Waals surface area contributed by atoms with Gasteiger partial charge in [0.1, 0.15) is 17.4 Å². The number of hydrogen-bond acceptors (Lipinski definition) is 6. The van der Waals surface area contributed by atoms with Crippen LogP contribution in [0.1, 0.15) is 40.9 Å². The Morgan fingerprint density at radius 3 is 3.08 bits per heavy atom. The molecule has 1 N–H and O–H groups in total. The summed E-state index contributed by atoms with van der Waals surface area (Å²) in [6, 6.07) is 5.57. The van der Waals surface area contributed by atoms with Crippen molar-refractivity contribution in [2.75, 3.05) is 13.2 Å². The maximum absolute atomic E-state index is 12.7. The smallest absolute Gasteiger partial charge is 0.257 e. The third kappa shape index (κ3) is 4.24. The number of nitrogens with one attached hydrogen (secondary N) is 1. The molecule has 0 bridgehead atoms. The van der Waals surface area contributed by atoms with Gasteiger partial charge in [0, 0.05) is 12.8 Å². The van der Waals surface area contributed by atoms with Gasteiger partial charge in [0.05, 0.1) is 30.6 Å². The molecule has 2 atom stereocenters. The minimum absolute atomic E-state index is 0.121. The number of pyridine rings is 1. The normalized spacial score (nSPS) is 20.4. The molecule has 0 aliphatic carbocycles. The lowest BCUT2D eigenvalue weighted by Crippen LogP contribution is -2.50. The highest BCUT2D eigenvalue weighted by Crippen LogP contribution is 2.17. The Morgan fingerprint density at radius 2 is 2.32 bits per heavy atom. The molecule has 0 unspecified atom stereocenters. The van der Waals surface area contributed by atoms with Crippen LogP contribution in [0, 0.1) is 6.92 Å². The summed E-state index contributed by atoms with van der Waals surface area (Å²) < 4.78 is 16.6. The Balaban J connectivity index is 1.64. The van der Waals surface area contributed by atoms with Gasteiger partial charge in [-0.1, -0.05) is 18.1 Å². The van der Waals surface area contributed by atoms with Crippen molar-refractivity contribution in [1.29, 1.82) is 0 Å². The van der Waals surface area contributed by atoms with Gasteiger partial charge in [-0.3, -0.25) is 9.78 Å². The zero-order chi connectivity index (χ0) is 17.6. The third-order valence-corrected chi connectivity index (χ3v) is 4.29. The lowest BCUT2D eigenvalue weighted by molar-refractivity contribution is -0.0743. The van der Waals surface area contributed by atoms with E-state index in [0.717, 1.165) is 5.69 Å². The van der Waals surface area contributed by atoms with E-state index in [1.807, 2.05) is 25.1 Å². The largest absolute Gasteiger partial charge is 0.379 e. The van der Waals surface area contributed by atoms with E-state index in [2.05, 4.69) is 15.5 Å². The maximum atomic E-state index is 12.7. The summed E-state index contributed by atoms with van der Waals surface area (Å²) in [6.45, 7) is 5.12. The molecule has 134 valence electrons. The summed E-state index contributed by atoms with van der Waals surface area (Å²) >= 11 is 0. The van der Waals surface area contributed by atoms with E-state index in [4.69, 9.17) is 14.0 Å². The van der Waals surface area contributed by atoms with Crippen molar-refractivity contribution in [1.82, 2.24) is 15.5 Å². The van der Waals surface area contributed by atoms with Crippen LogP contribution >= 0.6 is 0 Å². The van der Waals surface area contributed by atoms with Crippen molar-refractivity contribution < 1.29 is 18.8 Å². The lowest BCUT2D eigenvalue weighted by atomic mass is 10.0. The monoisotopic (exact) mass is 345 g/mol. The van der Waals surface area contributed by atoms with E-state index in [1.54, 1.807) is 13.1 Å². The quantitative estimate of drug-likeness (QED) is 0.862. The van der Waals surface area contributed by atoms with E-state index in [1.165, 1.54) is 0 Å². The van der Waals surface area contributed by atoms with Crippen LogP contribution in [0.2, 0.25) is 0 Å². The van der Waals surface area contributed by atoms with Gasteiger partial charge < -0.3 is 19.3 Å². The number of amides is 1. The molecule has 0 radical (unpaired) electrons. The van der Waals surface area contributed by atoms with Crippen LogP contribution in [0.3, 0.4) is 0 Å². The van der Waals surface area contributed by atoms with Crippen LogP contribution in [-0.4, -0.2) is 41.4 Å². The molecule has 2 aromatic heterocycles. The molecule has 0 spiro atoms. The Hall–Kier alpha value is -2.25. The molecule has 1 aliphatic rings. The van der Waals surface area contributed by atoms with E-state index in [0.29, 0.717) is 49.7 Å². The second kappa shape index (κ2) is 8.22. The Bertz CT molecular complexity index is 702. The molecular formula is C18H23N3O4. The van der Waals surface area contributed by atoms with Gasteiger partial charge in [0.25, 0.3) is 5.91 Å². The average Bonchev–Trinajstić information content (AvgIpc) is 3.02. The van der Waals surface area contributed by atoms with Crippen LogP contribution in [0.15, 0.2) is 28.9 Å². The SMILES string of the molecule is CCc1noc(C)c1C(=O)N[C@@H]1CCOC[C@H]1OCc1ccccn1. The summed E-state index contributed by atoms with van der Waals surface area (Å²) in [6.07, 6.45) is 2.86. The van der Waals surface area contributed by atoms with Crippen molar-refractivity contribution in [2.24, 2.45) is 0 Å². The molecule has 0 aromatic carbocycles. The molecular weight excluding hydrogens is 322 g/mol. The van der Waals surface area contributed by atoms with Crippen LogP contribution in [0.25, 0.3) is 0 Å². The van der Waals surface area contributed by atoms with Gasteiger partial charge in [-0.15, -0.1) is 0 Å². The van der Waals surface area contributed by atoms with Crippen molar-refractivity contribution in [3.05, 3.63) is 47.1 Å². The van der Waals surface area contributed by atoms with Crippen LogP contribution < -0.4 is 5.32 Å². The van der Waals surface area contributed by atoms with Crippen LogP contribution in [-0.2, 0) is 22.5 Å². The molecule has 1 aliphatic heterocycles. The van der Waals surface area contributed by atoms with Crippen LogP contribution in [0.4, 0.5) is 0 Å². The fraction of sp³-hybridized carbons (Fsp3) is 0.500. The van der Waals surface area contributed by atoms with E-state index in [-0.39, 0.29) is 18.1 Å². The van der Waals surface area contributed by atoms with E-state index < -0.39 is 0 Å². The molecule has 1 amide bonds. The third-order valence-electron chi connectivity index (χ3n) is 4.29. The van der Waals surface area contributed by atoms with Gasteiger partial charge >= 0.3 is 0 Å². The molecule has 7 nitrogen and oxygen atoms in total. The van der Waals surface area contributed by atoms with Crippen molar-refractivity contribution in [3.8, 4) is 0 Å². The number of ether oxygens (including phenoxy) is 2. The van der Waals surface area contributed by atoms with E-state index >= 15 is 0 Å². The number of carbonyl (C=O) groups excluding carboxylic acids is 1. The predicted molar refractivity (Wildman–Crippen MR) is 90.1 cm³/mol. The molecule has 0 saturated carbocycles. The number of aromatic nitrogens is 2. The van der Waals surface area contributed by atoms with Crippen molar-refractivity contribution in [3.63, 3.8) is 0 Å². The van der Waals surface area contributed by atoms with Gasteiger partial charge in [-0.25, -0.2) is 0 Å². The molecule has 1 saturated heterocycles. The van der Waals surface area contributed by atoms with Gasteiger partial charge in [0.15, 0.2) is 0 Å². The first kappa shape index (κ1) is 17.6. The van der Waals surface area contributed by atoms with Crippen molar-refractivity contribution in [2.45, 2.75) is 45.4 Å². The van der Waals surface area contributed by atoms with Crippen LogP contribution in [0.5, 0.6) is 0 Å². The fourth-order valence-electron chi connectivity index (χ4n) is 2.91. The molecule has 25 heavy (non-hydrogen) atoms. The minimum Gasteiger partial charge on any atom is -0.379 e. The van der Waals surface area contributed by atoms with Crippen molar-refractivity contribution >= 4 is 5.91 Å². The summed E-state index contributed by atoms with van der Waals surface area (Å²) in [5.74, 6) is 0.362. The topological polar surface area (TPSA) is 86.5 Å². The highest BCUT2D eigenvalue weighted by molar-refractivity contribution is 5.96. The van der Waals surface area contributed by atoms with Gasteiger partial charge in [-0.2, -0.15) is 0 Å². The van der Waals surface area contributed by atoms with Gasteiger partial charge in [0.2, 0.25) is 0 Å². The fourth-order valence-corrected chi connectivity index (χ4v) is 2.91. The second-order valence-electron chi connectivity index (χ2n) is 6.03. The molecule has 3 rings (SSSR count). The first-order chi connectivity index (χ1) is 12.2. The maximum Gasteiger partial charge on any atom is 0.257 e. The first-order valence-electron chi connectivity index (χ1n) is 8.54. The number of aryl methyl sites for hydroxylation is 2.